The Hall–Kier alpha value is -5.44. The second-order valence-corrected chi connectivity index (χ2v) is 9.81. The van der Waals surface area contributed by atoms with Crippen molar-refractivity contribution in [3.8, 4) is 22.5 Å². The molecule has 1 atom stereocenters. The summed E-state index contributed by atoms with van der Waals surface area (Å²) in [4.78, 5) is 25.6. The minimum absolute atomic E-state index is 0.0407. The molecule has 7 rings (SSSR count). The van der Waals surface area contributed by atoms with Gasteiger partial charge in [0, 0.05) is 40.2 Å². The zero-order chi connectivity index (χ0) is 27.1. The normalized spacial score (nSPS) is 15.1. The molecule has 1 aromatic carbocycles. The monoisotopic (exact) mass is 527 g/mol. The van der Waals surface area contributed by atoms with E-state index in [1.54, 1.807) is 18.7 Å². The maximum absolute atomic E-state index is 12.7. The molecule has 6 heterocycles. The number of pyridine rings is 2. The lowest BCUT2D eigenvalue weighted by molar-refractivity contribution is -0.119. The summed E-state index contributed by atoms with van der Waals surface area (Å²) in [7, 11) is 0. The molecule has 9 nitrogen and oxygen atoms in total. The zero-order valence-electron chi connectivity index (χ0n) is 21.6. The topological polar surface area (TPSA) is 125 Å². The van der Waals surface area contributed by atoms with Crippen LogP contribution in [0, 0.1) is 0 Å². The van der Waals surface area contributed by atoms with Gasteiger partial charge in [0.25, 0.3) is 0 Å². The lowest BCUT2D eigenvalue weighted by atomic mass is 10.0. The molecule has 0 bridgehead atoms. The van der Waals surface area contributed by atoms with E-state index in [0.29, 0.717) is 12.1 Å². The number of nitrogens with zero attached hydrogens (tertiary/aromatic N) is 3. The van der Waals surface area contributed by atoms with Gasteiger partial charge in [-0.15, -0.1) is 0 Å². The predicted molar refractivity (Wildman–Crippen MR) is 154 cm³/mol. The molecule has 5 aromatic heterocycles. The maximum Gasteiger partial charge on any atom is 0.228 e. The van der Waals surface area contributed by atoms with Crippen molar-refractivity contribution in [1.29, 1.82) is 0 Å². The molecule has 0 spiro atoms. The van der Waals surface area contributed by atoms with Gasteiger partial charge in [0.1, 0.15) is 11.2 Å². The van der Waals surface area contributed by atoms with Gasteiger partial charge in [-0.2, -0.15) is 5.10 Å². The van der Waals surface area contributed by atoms with Gasteiger partial charge in [-0.3, -0.25) is 14.9 Å². The molecule has 196 valence electrons. The van der Waals surface area contributed by atoms with Gasteiger partial charge in [0.05, 0.1) is 53.6 Å². The quantitative estimate of drug-likeness (QED) is 0.232. The van der Waals surface area contributed by atoms with Crippen molar-refractivity contribution in [2.75, 3.05) is 0 Å². The number of allylic oxidation sites excluding steroid dienone is 2. The number of aromatic amines is 2. The van der Waals surface area contributed by atoms with Crippen molar-refractivity contribution in [2.24, 2.45) is 0 Å². The van der Waals surface area contributed by atoms with Gasteiger partial charge >= 0.3 is 0 Å². The predicted octanol–water partition coefficient (Wildman–Crippen LogP) is 5.34. The van der Waals surface area contributed by atoms with E-state index in [0.717, 1.165) is 61.3 Å². The summed E-state index contributed by atoms with van der Waals surface area (Å²) < 4.78 is 5.28. The van der Waals surface area contributed by atoms with Crippen molar-refractivity contribution in [3.05, 3.63) is 109 Å². The highest BCUT2D eigenvalue weighted by atomic mass is 16.3. The molecule has 1 aliphatic heterocycles. The molecule has 1 aliphatic rings. The second-order valence-electron chi connectivity index (χ2n) is 9.81. The first kappa shape index (κ1) is 23.7. The highest BCUT2D eigenvalue weighted by Crippen LogP contribution is 2.33. The molecule has 9 heteroatoms. The number of nitrogens with one attached hydrogen (secondary N) is 4. The Labute approximate surface area is 229 Å². The molecule has 4 N–H and O–H groups in total. The average molecular weight is 528 g/mol. The summed E-state index contributed by atoms with van der Waals surface area (Å²) in [6.07, 6.45) is 11.2. The van der Waals surface area contributed by atoms with E-state index in [2.05, 4.69) is 36.9 Å². The van der Waals surface area contributed by atoms with Crippen LogP contribution in [-0.4, -0.2) is 37.1 Å². The molecule has 0 saturated carbocycles. The third-order valence-electron chi connectivity index (χ3n) is 7.09. The number of rotatable bonds is 6. The van der Waals surface area contributed by atoms with Crippen LogP contribution >= 0.6 is 0 Å². The standard InChI is InChI=1S/C31H25N7O2/c1-18-26(35-29(39)11-19-5-3-2-4-6-19)12-21(14-33-18)24-7-8-25-30(36-24)31(38-37-25)27-13-22-23(20-9-10-40-17-20)15-32-16-28(22)34-27/h2-10,12-18,33-34H,11H2,1H3,(H,35,39)(H,37,38). The Morgan fingerprint density at radius 1 is 1.07 bits per heavy atom. The number of hydrogen-bond acceptors (Lipinski definition) is 6. The van der Waals surface area contributed by atoms with Crippen molar-refractivity contribution < 1.29 is 9.21 Å². The Morgan fingerprint density at radius 2 is 1.98 bits per heavy atom. The van der Waals surface area contributed by atoms with Crippen molar-refractivity contribution in [2.45, 2.75) is 19.4 Å². The van der Waals surface area contributed by atoms with Crippen LogP contribution in [0.5, 0.6) is 0 Å². The van der Waals surface area contributed by atoms with E-state index in [1.165, 1.54) is 0 Å². The number of amides is 1. The Bertz CT molecular complexity index is 1910. The zero-order valence-corrected chi connectivity index (χ0v) is 21.6. The summed E-state index contributed by atoms with van der Waals surface area (Å²) in [6.45, 7) is 2.01. The fraction of sp³-hybridized carbons (Fsp3) is 0.0968. The van der Waals surface area contributed by atoms with E-state index in [4.69, 9.17) is 9.40 Å². The summed E-state index contributed by atoms with van der Waals surface area (Å²) in [6, 6.07) is 17.6. The van der Waals surface area contributed by atoms with Gasteiger partial charge in [-0.1, -0.05) is 30.3 Å². The van der Waals surface area contributed by atoms with E-state index < -0.39 is 0 Å². The van der Waals surface area contributed by atoms with Crippen LogP contribution in [-0.2, 0) is 11.2 Å². The third-order valence-corrected chi connectivity index (χ3v) is 7.09. The molecule has 1 unspecified atom stereocenters. The SMILES string of the molecule is CC1NC=C(c2ccc3[nH]nc(-c4cc5c(-c6ccoc6)cncc5[nH]4)c3n2)C=C1NC(=O)Cc1ccccc1. The fourth-order valence-corrected chi connectivity index (χ4v) is 4.99. The Balaban J connectivity index is 1.20. The number of H-pyrrole nitrogens is 2. The number of carbonyl (C=O) groups excluding carboxylic acids is 1. The van der Waals surface area contributed by atoms with E-state index in [-0.39, 0.29) is 11.9 Å². The van der Waals surface area contributed by atoms with Crippen LogP contribution in [0.25, 0.3) is 50.0 Å². The van der Waals surface area contributed by atoms with Crippen LogP contribution in [0.2, 0.25) is 0 Å². The van der Waals surface area contributed by atoms with Gasteiger partial charge in [-0.25, -0.2) is 4.98 Å². The van der Waals surface area contributed by atoms with E-state index >= 15 is 0 Å². The van der Waals surface area contributed by atoms with E-state index in [9.17, 15) is 4.79 Å². The molecule has 1 amide bonds. The molecule has 0 radical (unpaired) electrons. The molecular weight excluding hydrogens is 502 g/mol. The number of fused-ring (bicyclic) bond motifs is 2. The van der Waals surface area contributed by atoms with Crippen LogP contribution in [0.3, 0.4) is 0 Å². The fourth-order valence-electron chi connectivity index (χ4n) is 4.99. The summed E-state index contributed by atoms with van der Waals surface area (Å²) >= 11 is 0. The van der Waals surface area contributed by atoms with Crippen molar-refractivity contribution >= 4 is 33.4 Å². The number of benzene rings is 1. The summed E-state index contributed by atoms with van der Waals surface area (Å²) in [5.41, 5.74) is 9.33. The van der Waals surface area contributed by atoms with Crippen LogP contribution in [0.1, 0.15) is 18.2 Å². The molecule has 0 fully saturated rings. The highest BCUT2D eigenvalue weighted by Gasteiger charge is 2.19. The number of dihydropyridines is 1. The number of furan rings is 1. The van der Waals surface area contributed by atoms with Crippen LogP contribution in [0.15, 0.2) is 102 Å². The molecule has 40 heavy (non-hydrogen) atoms. The lowest BCUT2D eigenvalue weighted by Crippen LogP contribution is -2.37. The average Bonchev–Trinajstić information content (AvgIpc) is 3.74. The number of hydrogen-bond donors (Lipinski definition) is 4. The Kier molecular flexibility index (Phi) is 5.74. The Morgan fingerprint density at radius 3 is 2.83 bits per heavy atom. The van der Waals surface area contributed by atoms with E-state index in [1.807, 2.05) is 73.9 Å². The smallest absolute Gasteiger partial charge is 0.228 e. The minimum atomic E-state index is -0.0593. The molecule has 6 aromatic rings. The third kappa shape index (κ3) is 4.33. The minimum Gasteiger partial charge on any atom is -0.472 e. The number of aromatic nitrogens is 5. The number of carbonyl (C=O) groups is 1. The van der Waals surface area contributed by atoms with Gasteiger partial charge in [0.15, 0.2) is 0 Å². The lowest BCUT2D eigenvalue weighted by Gasteiger charge is -2.23. The van der Waals surface area contributed by atoms with Crippen molar-refractivity contribution in [1.82, 2.24) is 35.8 Å². The molecule has 0 saturated heterocycles. The van der Waals surface area contributed by atoms with Crippen molar-refractivity contribution in [3.63, 3.8) is 0 Å². The first-order valence-electron chi connectivity index (χ1n) is 13.0. The van der Waals surface area contributed by atoms with Gasteiger partial charge < -0.3 is 20.0 Å². The first-order chi connectivity index (χ1) is 19.6. The van der Waals surface area contributed by atoms with Gasteiger partial charge in [0.2, 0.25) is 5.91 Å². The summed E-state index contributed by atoms with van der Waals surface area (Å²) in [5, 5.41) is 15.1. The summed E-state index contributed by atoms with van der Waals surface area (Å²) in [5.74, 6) is -0.0593. The largest absolute Gasteiger partial charge is 0.472 e. The molecule has 0 aliphatic carbocycles. The van der Waals surface area contributed by atoms with Crippen LogP contribution in [0.4, 0.5) is 0 Å². The highest BCUT2D eigenvalue weighted by molar-refractivity contribution is 5.99. The van der Waals surface area contributed by atoms with Crippen LogP contribution < -0.4 is 10.6 Å². The molecular formula is C31H25N7O2. The first-order valence-corrected chi connectivity index (χ1v) is 13.0. The van der Waals surface area contributed by atoms with Gasteiger partial charge in [-0.05, 0) is 42.8 Å². The maximum atomic E-state index is 12.7. The second kappa shape index (κ2) is 9.70.